The maximum atomic E-state index is 5.74. The first-order valence-corrected chi connectivity index (χ1v) is 11.1. The summed E-state index contributed by atoms with van der Waals surface area (Å²) in [6.45, 7) is 15.5. The van der Waals surface area contributed by atoms with Gasteiger partial charge in [0.25, 0.3) is 0 Å². The molecular formula is C24H36N2O2. The van der Waals surface area contributed by atoms with E-state index in [4.69, 9.17) is 9.47 Å². The predicted octanol–water partition coefficient (Wildman–Crippen LogP) is 5.18. The van der Waals surface area contributed by atoms with Crippen molar-refractivity contribution in [3.05, 3.63) is 23.8 Å². The number of allylic oxidation sites excluding steroid dienone is 2. The summed E-state index contributed by atoms with van der Waals surface area (Å²) in [7, 11) is 0. The highest BCUT2D eigenvalue weighted by Gasteiger charge is 2.31. The maximum Gasteiger partial charge on any atom is 0.231 e. The summed E-state index contributed by atoms with van der Waals surface area (Å²) < 4.78 is 11.5. The van der Waals surface area contributed by atoms with Crippen LogP contribution in [-0.4, -0.2) is 44.4 Å². The molecule has 154 valence electrons. The fourth-order valence-corrected chi connectivity index (χ4v) is 5.15. The molecule has 0 spiro atoms. The maximum absolute atomic E-state index is 5.74. The van der Waals surface area contributed by atoms with Gasteiger partial charge in [-0.25, -0.2) is 0 Å². The van der Waals surface area contributed by atoms with Crippen molar-refractivity contribution in [1.29, 1.82) is 0 Å². The summed E-state index contributed by atoms with van der Waals surface area (Å²) in [6.07, 6.45) is 7.44. The lowest BCUT2D eigenvalue weighted by atomic mass is 9.72. The minimum atomic E-state index is 0.337. The lowest BCUT2D eigenvalue weighted by molar-refractivity contribution is 0.174. The Morgan fingerprint density at radius 3 is 2.46 bits per heavy atom. The largest absolute Gasteiger partial charge is 0.454 e. The third kappa shape index (κ3) is 4.17. The van der Waals surface area contributed by atoms with Crippen LogP contribution in [0.1, 0.15) is 58.9 Å². The fraction of sp³-hybridized carbons (Fsp3) is 0.667. The summed E-state index contributed by atoms with van der Waals surface area (Å²) >= 11 is 0. The van der Waals surface area contributed by atoms with Crippen LogP contribution in [0.2, 0.25) is 0 Å². The van der Waals surface area contributed by atoms with Crippen LogP contribution in [0.5, 0.6) is 11.5 Å². The molecule has 1 fully saturated rings. The van der Waals surface area contributed by atoms with Crippen molar-refractivity contribution in [2.45, 2.75) is 53.4 Å². The second-order valence-electron chi connectivity index (χ2n) is 9.62. The van der Waals surface area contributed by atoms with Crippen LogP contribution in [0.4, 0.5) is 5.69 Å². The van der Waals surface area contributed by atoms with Crippen molar-refractivity contribution in [3.63, 3.8) is 0 Å². The zero-order valence-electron chi connectivity index (χ0n) is 18.1. The molecule has 0 aromatic heterocycles. The zero-order valence-corrected chi connectivity index (χ0v) is 18.1. The highest BCUT2D eigenvalue weighted by atomic mass is 16.7. The summed E-state index contributed by atoms with van der Waals surface area (Å²) in [6, 6.07) is 4.47. The van der Waals surface area contributed by atoms with Crippen LogP contribution in [-0.2, 0) is 0 Å². The molecule has 1 unspecified atom stereocenters. The molecule has 4 nitrogen and oxygen atoms in total. The summed E-state index contributed by atoms with van der Waals surface area (Å²) in [4.78, 5) is 5.17. The van der Waals surface area contributed by atoms with Gasteiger partial charge < -0.3 is 14.4 Å². The molecule has 1 aromatic rings. The van der Waals surface area contributed by atoms with Gasteiger partial charge in [-0.2, -0.15) is 0 Å². The van der Waals surface area contributed by atoms with Crippen molar-refractivity contribution in [2.24, 2.45) is 11.3 Å². The second kappa shape index (κ2) is 7.98. The van der Waals surface area contributed by atoms with Crippen LogP contribution >= 0.6 is 0 Å². The number of piperazine rings is 1. The standard InChI is InChI=1S/C24H36N2O2/c1-5-6-7-25-8-10-26(11-9-25)21-14-23-22(27-17-28-23)13-20(21)19-12-18(2)15-24(3,4)16-19/h12-14,18H,5-11,15-17H2,1-4H3. The molecule has 1 saturated heterocycles. The zero-order chi connectivity index (χ0) is 19.7. The summed E-state index contributed by atoms with van der Waals surface area (Å²) in [5.41, 5.74) is 4.50. The van der Waals surface area contributed by atoms with E-state index in [9.17, 15) is 0 Å². The predicted molar refractivity (Wildman–Crippen MR) is 116 cm³/mol. The van der Waals surface area contributed by atoms with Gasteiger partial charge in [-0.05, 0) is 48.8 Å². The van der Waals surface area contributed by atoms with Crippen LogP contribution < -0.4 is 14.4 Å². The smallest absolute Gasteiger partial charge is 0.231 e. The van der Waals surface area contributed by atoms with Gasteiger partial charge in [-0.15, -0.1) is 0 Å². The van der Waals surface area contributed by atoms with Gasteiger partial charge in [0.1, 0.15) is 0 Å². The fourth-order valence-electron chi connectivity index (χ4n) is 5.15. The van der Waals surface area contributed by atoms with Gasteiger partial charge in [0.2, 0.25) is 6.79 Å². The quantitative estimate of drug-likeness (QED) is 0.699. The van der Waals surface area contributed by atoms with E-state index >= 15 is 0 Å². The highest BCUT2D eigenvalue weighted by Crippen LogP contribution is 2.47. The molecule has 1 aromatic carbocycles. The number of ether oxygens (including phenoxy) is 2. The van der Waals surface area contributed by atoms with Gasteiger partial charge in [-0.3, -0.25) is 4.90 Å². The van der Waals surface area contributed by atoms with Gasteiger partial charge in [0, 0.05) is 43.5 Å². The van der Waals surface area contributed by atoms with E-state index in [2.05, 4.69) is 55.7 Å². The third-order valence-corrected chi connectivity index (χ3v) is 6.41. The first-order valence-electron chi connectivity index (χ1n) is 11.1. The lowest BCUT2D eigenvalue weighted by Crippen LogP contribution is -2.46. The average molecular weight is 385 g/mol. The van der Waals surface area contributed by atoms with Crippen LogP contribution in [0.3, 0.4) is 0 Å². The summed E-state index contributed by atoms with van der Waals surface area (Å²) in [5, 5.41) is 0. The van der Waals surface area contributed by atoms with E-state index in [-0.39, 0.29) is 0 Å². The molecule has 3 aliphatic rings. The topological polar surface area (TPSA) is 24.9 Å². The van der Waals surface area contributed by atoms with Crippen molar-refractivity contribution in [3.8, 4) is 11.5 Å². The third-order valence-electron chi connectivity index (χ3n) is 6.41. The monoisotopic (exact) mass is 384 g/mol. The Labute approximate surface area is 170 Å². The van der Waals surface area contributed by atoms with E-state index in [1.807, 2.05) is 0 Å². The molecule has 4 heteroatoms. The number of hydrogen-bond acceptors (Lipinski definition) is 4. The number of fused-ring (bicyclic) bond motifs is 1. The second-order valence-corrected chi connectivity index (χ2v) is 9.62. The lowest BCUT2D eigenvalue weighted by Gasteiger charge is -2.39. The number of benzene rings is 1. The SMILES string of the molecule is CCCCN1CCN(c2cc3c(cc2C2=CC(C)CC(C)(C)C2)OCO3)CC1. The van der Waals surface area contributed by atoms with E-state index in [0.29, 0.717) is 18.1 Å². The Kier molecular flexibility index (Phi) is 5.59. The molecule has 0 N–H and O–H groups in total. The molecule has 28 heavy (non-hydrogen) atoms. The van der Waals surface area contributed by atoms with Crippen LogP contribution in [0, 0.1) is 11.3 Å². The highest BCUT2D eigenvalue weighted by molar-refractivity contribution is 5.81. The Hall–Kier alpha value is -1.68. The molecule has 0 amide bonds. The van der Waals surface area contributed by atoms with Gasteiger partial charge in [0.05, 0.1) is 0 Å². The van der Waals surface area contributed by atoms with E-state index in [0.717, 1.165) is 44.1 Å². The first kappa shape index (κ1) is 19.6. The van der Waals surface area contributed by atoms with Crippen molar-refractivity contribution in [1.82, 2.24) is 4.90 Å². The van der Waals surface area contributed by atoms with Gasteiger partial charge >= 0.3 is 0 Å². The minimum Gasteiger partial charge on any atom is -0.454 e. The molecule has 0 radical (unpaired) electrons. The van der Waals surface area contributed by atoms with Gasteiger partial charge in [0.15, 0.2) is 11.5 Å². The normalized spacial score (nSPS) is 24.4. The summed E-state index contributed by atoms with van der Waals surface area (Å²) in [5.74, 6) is 2.41. The number of unbranched alkanes of at least 4 members (excludes halogenated alkanes) is 1. The Morgan fingerprint density at radius 2 is 1.79 bits per heavy atom. The minimum absolute atomic E-state index is 0.337. The average Bonchev–Trinajstić information content (AvgIpc) is 3.11. The van der Waals surface area contributed by atoms with Gasteiger partial charge in [-0.1, -0.05) is 40.2 Å². The molecule has 4 rings (SSSR count). The number of hydrogen-bond donors (Lipinski definition) is 0. The Balaban J connectivity index is 1.62. The first-order chi connectivity index (χ1) is 13.4. The molecule has 0 bridgehead atoms. The molecule has 2 heterocycles. The van der Waals surface area contributed by atoms with Crippen LogP contribution in [0.15, 0.2) is 18.2 Å². The van der Waals surface area contributed by atoms with E-state index in [1.54, 1.807) is 0 Å². The van der Waals surface area contributed by atoms with Crippen molar-refractivity contribution >= 4 is 11.3 Å². The molecular weight excluding hydrogens is 348 g/mol. The van der Waals surface area contributed by atoms with Crippen molar-refractivity contribution < 1.29 is 9.47 Å². The van der Waals surface area contributed by atoms with Crippen molar-refractivity contribution in [2.75, 3.05) is 44.4 Å². The van der Waals surface area contributed by atoms with E-state index in [1.165, 1.54) is 42.6 Å². The number of anilines is 1. The molecule has 0 saturated carbocycles. The molecule has 2 aliphatic heterocycles. The number of rotatable bonds is 5. The van der Waals surface area contributed by atoms with Crippen LogP contribution in [0.25, 0.3) is 5.57 Å². The molecule has 1 aliphatic carbocycles. The number of nitrogens with zero attached hydrogens (tertiary/aromatic N) is 2. The van der Waals surface area contributed by atoms with E-state index < -0.39 is 0 Å². The Bertz CT molecular complexity index is 732. The Morgan fingerprint density at radius 1 is 1.07 bits per heavy atom. The molecule has 1 atom stereocenters.